The summed E-state index contributed by atoms with van der Waals surface area (Å²) in [5.74, 6) is -0.352. The molecule has 2 N–H and O–H groups in total. The van der Waals surface area contributed by atoms with Crippen molar-refractivity contribution < 1.29 is 23.1 Å². The zero-order valence-electron chi connectivity index (χ0n) is 19.6. The number of nitrogens with zero attached hydrogens (tertiary/aromatic N) is 2. The largest absolute Gasteiger partial charge is 0.496 e. The van der Waals surface area contributed by atoms with Gasteiger partial charge in [0.15, 0.2) is 0 Å². The second-order valence-electron chi connectivity index (χ2n) is 8.21. The lowest BCUT2D eigenvalue weighted by molar-refractivity contribution is -0.139. The number of nitrogens with one attached hydrogen (secondary N) is 2. The van der Waals surface area contributed by atoms with E-state index in [2.05, 4.69) is 15.5 Å². The predicted molar refractivity (Wildman–Crippen MR) is 129 cm³/mol. The van der Waals surface area contributed by atoms with Crippen molar-refractivity contribution in [3.63, 3.8) is 0 Å². The summed E-state index contributed by atoms with van der Waals surface area (Å²) >= 11 is 0. The molecule has 0 radical (unpaired) electrons. The molecule has 2 heterocycles. The molecule has 184 valence electrons. The maximum Gasteiger partial charge on any atom is 0.309 e. The topological polar surface area (TPSA) is 87.0 Å². The molecule has 9 heteroatoms. The van der Waals surface area contributed by atoms with Gasteiger partial charge in [-0.05, 0) is 30.3 Å². The van der Waals surface area contributed by atoms with Crippen molar-refractivity contribution in [3.8, 4) is 5.75 Å². The summed E-state index contributed by atoms with van der Waals surface area (Å²) in [6.45, 7) is 2.94. The maximum atomic E-state index is 14.2. The van der Waals surface area contributed by atoms with Crippen molar-refractivity contribution in [1.29, 1.82) is 0 Å². The minimum Gasteiger partial charge on any atom is -0.496 e. The van der Waals surface area contributed by atoms with Crippen LogP contribution in [-0.2, 0) is 16.1 Å². The van der Waals surface area contributed by atoms with Crippen LogP contribution in [0, 0.1) is 5.82 Å². The molecule has 0 spiro atoms. The van der Waals surface area contributed by atoms with Gasteiger partial charge in [0.05, 0.1) is 25.1 Å². The summed E-state index contributed by atoms with van der Waals surface area (Å²) < 4.78 is 25.1. The van der Waals surface area contributed by atoms with Crippen LogP contribution in [0.3, 0.4) is 0 Å². The van der Waals surface area contributed by atoms with Gasteiger partial charge in [0, 0.05) is 44.8 Å². The average molecular weight is 481 g/mol. The van der Waals surface area contributed by atoms with Gasteiger partial charge in [-0.1, -0.05) is 30.3 Å². The number of piperazine rings is 1. The zero-order chi connectivity index (χ0) is 24.6. The van der Waals surface area contributed by atoms with Crippen LogP contribution >= 0.6 is 0 Å². The maximum absolute atomic E-state index is 14.2. The molecule has 1 aliphatic heterocycles. The first-order valence-electron chi connectivity index (χ1n) is 11.5. The van der Waals surface area contributed by atoms with Crippen molar-refractivity contribution in [1.82, 2.24) is 15.5 Å². The fourth-order valence-corrected chi connectivity index (χ4v) is 4.25. The lowest BCUT2D eigenvalue weighted by atomic mass is 10.1. The Labute approximate surface area is 203 Å². The highest BCUT2D eigenvalue weighted by atomic mass is 19.1. The Morgan fingerprint density at radius 1 is 0.971 bits per heavy atom. The number of halogens is 1. The van der Waals surface area contributed by atoms with E-state index in [1.807, 2.05) is 35.2 Å². The van der Waals surface area contributed by atoms with E-state index in [1.165, 1.54) is 6.07 Å². The van der Waals surface area contributed by atoms with Crippen molar-refractivity contribution in [2.75, 3.05) is 44.7 Å². The van der Waals surface area contributed by atoms with Crippen LogP contribution in [0.2, 0.25) is 0 Å². The van der Waals surface area contributed by atoms with Gasteiger partial charge in [0.25, 0.3) is 0 Å². The van der Waals surface area contributed by atoms with Crippen LogP contribution in [0.1, 0.15) is 17.4 Å². The zero-order valence-corrected chi connectivity index (χ0v) is 19.6. The predicted octanol–water partition coefficient (Wildman–Crippen LogP) is 2.72. The number of carbonyl (C=O) groups excluding carboxylic acids is 2. The van der Waals surface area contributed by atoms with Crippen LogP contribution in [0.15, 0.2) is 71.3 Å². The second-order valence-corrected chi connectivity index (χ2v) is 8.21. The molecule has 2 amide bonds. The van der Waals surface area contributed by atoms with E-state index in [4.69, 9.17) is 9.15 Å². The summed E-state index contributed by atoms with van der Waals surface area (Å²) in [6, 6.07) is 17.4. The average Bonchev–Trinajstić information content (AvgIpc) is 3.43. The van der Waals surface area contributed by atoms with Crippen LogP contribution in [0.4, 0.5) is 10.1 Å². The lowest BCUT2D eigenvalue weighted by Crippen LogP contribution is -2.51. The highest BCUT2D eigenvalue weighted by Gasteiger charge is 2.28. The Morgan fingerprint density at radius 2 is 1.69 bits per heavy atom. The smallest absolute Gasteiger partial charge is 0.309 e. The third-order valence-corrected chi connectivity index (χ3v) is 6.11. The number of para-hydroxylation sites is 2. The fourth-order valence-electron chi connectivity index (χ4n) is 4.25. The number of methoxy groups -OCH3 is 1. The summed E-state index contributed by atoms with van der Waals surface area (Å²) in [5.41, 5.74) is 1.36. The monoisotopic (exact) mass is 480 g/mol. The second kappa shape index (κ2) is 11.5. The van der Waals surface area contributed by atoms with Gasteiger partial charge in [-0.3, -0.25) is 14.5 Å². The van der Waals surface area contributed by atoms with Crippen molar-refractivity contribution in [2.24, 2.45) is 0 Å². The minimum absolute atomic E-state index is 0.176. The molecule has 3 aromatic rings. The number of anilines is 1. The summed E-state index contributed by atoms with van der Waals surface area (Å²) in [7, 11) is 1.55. The van der Waals surface area contributed by atoms with Crippen molar-refractivity contribution in [3.05, 3.63) is 84.1 Å². The van der Waals surface area contributed by atoms with Crippen LogP contribution in [0.5, 0.6) is 5.75 Å². The summed E-state index contributed by atoms with van der Waals surface area (Å²) in [6.07, 6.45) is 1.58. The first-order valence-corrected chi connectivity index (χ1v) is 11.5. The Kier molecular flexibility index (Phi) is 7.99. The van der Waals surface area contributed by atoms with E-state index in [9.17, 15) is 14.0 Å². The number of hydrogen-bond acceptors (Lipinski definition) is 6. The molecular formula is C26H29FN4O4. The van der Waals surface area contributed by atoms with Crippen LogP contribution in [-0.4, -0.2) is 56.5 Å². The molecule has 0 unspecified atom stereocenters. The highest BCUT2D eigenvalue weighted by molar-refractivity contribution is 6.35. The number of furan rings is 1. The number of ether oxygens (including phenoxy) is 1. The number of benzene rings is 2. The number of carbonyl (C=O) groups is 2. The Bertz CT molecular complexity index is 1130. The van der Waals surface area contributed by atoms with E-state index < -0.39 is 11.8 Å². The molecule has 8 nitrogen and oxygen atoms in total. The lowest BCUT2D eigenvalue weighted by Gasteiger charge is -2.39. The Hall–Kier alpha value is -3.85. The molecule has 1 atom stereocenters. The number of rotatable bonds is 8. The Morgan fingerprint density at radius 3 is 2.40 bits per heavy atom. The molecule has 1 aromatic heterocycles. The summed E-state index contributed by atoms with van der Waals surface area (Å²) in [5, 5.41) is 5.36. The van der Waals surface area contributed by atoms with Gasteiger partial charge >= 0.3 is 11.8 Å². The fraction of sp³-hybridized carbons (Fsp3) is 0.308. The first-order chi connectivity index (χ1) is 17.1. The molecule has 1 fully saturated rings. The third kappa shape index (κ3) is 5.99. The number of hydrogen-bond donors (Lipinski definition) is 2. The number of amides is 2. The van der Waals surface area contributed by atoms with Gasteiger partial charge in [-0.25, -0.2) is 4.39 Å². The quantitative estimate of drug-likeness (QED) is 0.482. The highest BCUT2D eigenvalue weighted by Crippen LogP contribution is 2.25. The standard InChI is InChI=1S/C26H29FN4O4/c1-34-23-10-5-2-7-19(23)17-28-25(32)26(33)29-18-22(24-11-6-16-35-24)31-14-12-30(13-15-31)21-9-4-3-8-20(21)27/h2-11,16,22H,12-15,17-18H2,1H3,(H,28,32)(H,29,33)/t22-/m0/s1. The van der Waals surface area contributed by atoms with E-state index in [0.29, 0.717) is 43.4 Å². The summed E-state index contributed by atoms with van der Waals surface area (Å²) in [4.78, 5) is 29.1. The van der Waals surface area contributed by atoms with Gasteiger partial charge < -0.3 is 24.7 Å². The van der Waals surface area contributed by atoms with Crippen molar-refractivity contribution >= 4 is 17.5 Å². The molecule has 0 aliphatic carbocycles. The SMILES string of the molecule is COc1ccccc1CNC(=O)C(=O)NC[C@@H](c1ccco1)N1CCN(c2ccccc2F)CC1. The first kappa shape index (κ1) is 24.3. The van der Waals surface area contributed by atoms with E-state index >= 15 is 0 Å². The van der Waals surface area contributed by atoms with E-state index in [1.54, 1.807) is 37.6 Å². The molecular weight excluding hydrogens is 451 g/mol. The Balaban J connectivity index is 1.33. The van der Waals surface area contributed by atoms with Gasteiger partial charge in [0.1, 0.15) is 17.3 Å². The molecule has 35 heavy (non-hydrogen) atoms. The minimum atomic E-state index is -0.724. The molecule has 1 aliphatic rings. The van der Waals surface area contributed by atoms with Gasteiger partial charge in [-0.2, -0.15) is 0 Å². The van der Waals surface area contributed by atoms with Gasteiger partial charge in [0.2, 0.25) is 0 Å². The van der Waals surface area contributed by atoms with E-state index in [-0.39, 0.29) is 24.9 Å². The normalized spacial score (nSPS) is 14.9. The van der Waals surface area contributed by atoms with Gasteiger partial charge in [-0.15, -0.1) is 0 Å². The molecule has 0 saturated carbocycles. The van der Waals surface area contributed by atoms with Crippen LogP contribution < -0.4 is 20.3 Å². The van der Waals surface area contributed by atoms with Crippen LogP contribution in [0.25, 0.3) is 0 Å². The van der Waals surface area contributed by atoms with Crippen molar-refractivity contribution in [2.45, 2.75) is 12.6 Å². The molecule has 4 rings (SSSR count). The molecule has 1 saturated heterocycles. The molecule has 2 aromatic carbocycles. The molecule has 0 bridgehead atoms. The van der Waals surface area contributed by atoms with E-state index in [0.717, 1.165) is 5.56 Å². The third-order valence-electron chi connectivity index (χ3n) is 6.11.